The molecule has 18 heavy (non-hydrogen) atoms. The third-order valence-electron chi connectivity index (χ3n) is 2.30. The van der Waals surface area contributed by atoms with Gasteiger partial charge in [-0.15, -0.1) is 0 Å². The maximum absolute atomic E-state index is 11.0. The second-order valence-corrected chi connectivity index (χ2v) is 4.14. The van der Waals surface area contributed by atoms with Crippen LogP contribution in [0.2, 0.25) is 0 Å². The molecule has 0 aromatic heterocycles. The number of anilines is 2. The number of nitrogen functional groups attached to an aromatic ring is 1. The third kappa shape index (κ3) is 4.16. The number of nitrogens with two attached hydrogens (primary N) is 1. The average molecular weight is 252 g/mol. The fourth-order valence-corrected chi connectivity index (χ4v) is 1.46. The van der Waals surface area contributed by atoms with Gasteiger partial charge in [0.25, 0.3) is 0 Å². The molecule has 0 aliphatic rings. The van der Waals surface area contributed by atoms with Crippen molar-refractivity contribution in [2.45, 2.75) is 26.4 Å². The topological polar surface area (TPSA) is 73.6 Å². The number of hydrogen-bond donors (Lipinski definition) is 2. The maximum atomic E-state index is 11.0. The molecule has 0 aliphatic carbocycles. The highest BCUT2D eigenvalue weighted by molar-refractivity contribution is 5.74. The molecule has 0 fully saturated rings. The van der Waals surface area contributed by atoms with Crippen molar-refractivity contribution < 1.29 is 14.3 Å². The van der Waals surface area contributed by atoms with E-state index in [1.807, 2.05) is 32.0 Å². The van der Waals surface area contributed by atoms with Crippen molar-refractivity contribution in [1.29, 1.82) is 0 Å². The van der Waals surface area contributed by atoms with Crippen LogP contribution in [-0.4, -0.2) is 25.7 Å². The smallest absolute Gasteiger partial charge is 0.307 e. The van der Waals surface area contributed by atoms with Crippen molar-refractivity contribution in [2.24, 2.45) is 0 Å². The second-order valence-electron chi connectivity index (χ2n) is 4.14. The Kier molecular flexibility index (Phi) is 5.30. The Labute approximate surface area is 107 Å². The molecule has 0 saturated heterocycles. The van der Waals surface area contributed by atoms with Crippen molar-refractivity contribution in [3.05, 3.63) is 18.2 Å². The first-order chi connectivity index (χ1) is 8.54. The minimum Gasteiger partial charge on any atom is -0.489 e. The predicted octanol–water partition coefficient (Wildman–Crippen LogP) is 2.03. The fourth-order valence-electron chi connectivity index (χ4n) is 1.46. The Morgan fingerprint density at radius 1 is 1.44 bits per heavy atom. The van der Waals surface area contributed by atoms with E-state index in [1.165, 1.54) is 7.11 Å². The summed E-state index contributed by atoms with van der Waals surface area (Å²) in [5.74, 6) is 0.392. The van der Waals surface area contributed by atoms with Gasteiger partial charge in [-0.2, -0.15) is 0 Å². The first-order valence-corrected chi connectivity index (χ1v) is 5.90. The van der Waals surface area contributed by atoms with Crippen LogP contribution in [0, 0.1) is 0 Å². The van der Waals surface area contributed by atoms with Gasteiger partial charge in [-0.1, -0.05) is 6.07 Å². The van der Waals surface area contributed by atoms with E-state index < -0.39 is 0 Å². The zero-order valence-corrected chi connectivity index (χ0v) is 11.0. The molecule has 0 radical (unpaired) electrons. The first-order valence-electron chi connectivity index (χ1n) is 5.90. The number of carbonyl (C=O) groups is 1. The molecule has 0 bridgehead atoms. The number of nitrogens with one attached hydrogen (secondary N) is 1. The van der Waals surface area contributed by atoms with Crippen LogP contribution >= 0.6 is 0 Å². The Morgan fingerprint density at radius 2 is 2.17 bits per heavy atom. The molecule has 1 rings (SSSR count). The minimum absolute atomic E-state index is 0.0672. The fraction of sp³-hybridized carbons (Fsp3) is 0.462. The Morgan fingerprint density at radius 3 is 2.78 bits per heavy atom. The quantitative estimate of drug-likeness (QED) is 0.598. The van der Waals surface area contributed by atoms with Crippen LogP contribution in [0.1, 0.15) is 20.3 Å². The second kappa shape index (κ2) is 6.74. The van der Waals surface area contributed by atoms with Crippen LogP contribution in [-0.2, 0) is 9.53 Å². The highest BCUT2D eigenvalue weighted by atomic mass is 16.5. The lowest BCUT2D eigenvalue weighted by Crippen LogP contribution is -2.12. The minimum atomic E-state index is -0.254. The number of esters is 1. The lowest BCUT2D eigenvalue weighted by molar-refractivity contribution is -0.140. The molecular weight excluding hydrogens is 232 g/mol. The standard InChI is InChI=1S/C13H20N2O3/c1-9(2)18-11-6-4-5-10(13(11)14)15-8-7-12(16)17-3/h4-6,9,15H,7-8,14H2,1-3H3. The van der Waals surface area contributed by atoms with Gasteiger partial charge in [0, 0.05) is 6.54 Å². The zero-order chi connectivity index (χ0) is 13.5. The van der Waals surface area contributed by atoms with Gasteiger partial charge in [0.1, 0.15) is 5.75 Å². The van der Waals surface area contributed by atoms with E-state index in [4.69, 9.17) is 10.5 Å². The van der Waals surface area contributed by atoms with E-state index in [0.717, 1.165) is 5.69 Å². The van der Waals surface area contributed by atoms with Crippen LogP contribution in [0.5, 0.6) is 5.75 Å². The van der Waals surface area contributed by atoms with Gasteiger partial charge in [0.05, 0.1) is 31.0 Å². The molecule has 5 heteroatoms. The Bertz CT molecular complexity index is 405. The Balaban J connectivity index is 2.63. The van der Waals surface area contributed by atoms with E-state index in [-0.39, 0.29) is 12.1 Å². The van der Waals surface area contributed by atoms with Gasteiger partial charge in [0.15, 0.2) is 0 Å². The normalized spacial score (nSPS) is 10.2. The summed E-state index contributed by atoms with van der Waals surface area (Å²) in [5.41, 5.74) is 7.29. The van der Waals surface area contributed by atoms with Crippen LogP contribution in [0.25, 0.3) is 0 Å². The molecule has 100 valence electrons. The van der Waals surface area contributed by atoms with E-state index in [1.54, 1.807) is 0 Å². The molecule has 3 N–H and O–H groups in total. The largest absolute Gasteiger partial charge is 0.489 e. The van der Waals surface area contributed by atoms with Crippen LogP contribution in [0.15, 0.2) is 18.2 Å². The maximum Gasteiger partial charge on any atom is 0.307 e. The van der Waals surface area contributed by atoms with E-state index in [0.29, 0.717) is 24.4 Å². The van der Waals surface area contributed by atoms with Crippen molar-refractivity contribution >= 4 is 17.3 Å². The van der Waals surface area contributed by atoms with Gasteiger partial charge >= 0.3 is 5.97 Å². The molecule has 0 spiro atoms. The number of benzene rings is 1. The van der Waals surface area contributed by atoms with Crippen LogP contribution in [0.3, 0.4) is 0 Å². The van der Waals surface area contributed by atoms with E-state index in [9.17, 15) is 4.79 Å². The number of carbonyl (C=O) groups excluding carboxylic acids is 1. The van der Waals surface area contributed by atoms with Gasteiger partial charge in [-0.3, -0.25) is 4.79 Å². The van der Waals surface area contributed by atoms with Crippen molar-refractivity contribution in [3.8, 4) is 5.75 Å². The van der Waals surface area contributed by atoms with E-state index >= 15 is 0 Å². The summed E-state index contributed by atoms with van der Waals surface area (Å²) in [6.45, 7) is 4.36. The number of hydrogen-bond acceptors (Lipinski definition) is 5. The SMILES string of the molecule is COC(=O)CCNc1cccc(OC(C)C)c1N. The van der Waals surface area contributed by atoms with Gasteiger partial charge in [-0.25, -0.2) is 0 Å². The predicted molar refractivity (Wildman–Crippen MR) is 71.7 cm³/mol. The average Bonchev–Trinajstić information content (AvgIpc) is 2.33. The summed E-state index contributed by atoms with van der Waals surface area (Å²) in [6.07, 6.45) is 0.364. The first kappa shape index (κ1) is 14.2. The number of methoxy groups -OCH3 is 1. The molecule has 0 aliphatic heterocycles. The summed E-state index contributed by atoms with van der Waals surface area (Å²) >= 11 is 0. The number of rotatable bonds is 6. The lowest BCUT2D eigenvalue weighted by atomic mass is 10.2. The molecule has 1 aromatic carbocycles. The van der Waals surface area contributed by atoms with Crippen molar-refractivity contribution in [2.75, 3.05) is 24.7 Å². The molecule has 0 heterocycles. The highest BCUT2D eigenvalue weighted by Crippen LogP contribution is 2.29. The highest BCUT2D eigenvalue weighted by Gasteiger charge is 2.07. The molecule has 0 atom stereocenters. The van der Waals surface area contributed by atoms with Gasteiger partial charge in [-0.05, 0) is 26.0 Å². The van der Waals surface area contributed by atoms with Gasteiger partial charge in [0.2, 0.25) is 0 Å². The molecule has 0 saturated carbocycles. The monoisotopic (exact) mass is 252 g/mol. The van der Waals surface area contributed by atoms with Crippen LogP contribution < -0.4 is 15.8 Å². The summed E-state index contributed by atoms with van der Waals surface area (Å²) < 4.78 is 10.1. The molecular formula is C13H20N2O3. The molecule has 0 unspecified atom stereocenters. The zero-order valence-electron chi connectivity index (χ0n) is 11.0. The number of para-hydroxylation sites is 1. The summed E-state index contributed by atoms with van der Waals surface area (Å²) in [5, 5.41) is 3.09. The Hall–Kier alpha value is -1.91. The molecule has 0 amide bonds. The lowest BCUT2D eigenvalue weighted by Gasteiger charge is -2.15. The third-order valence-corrected chi connectivity index (χ3v) is 2.30. The summed E-state index contributed by atoms with van der Waals surface area (Å²) in [6, 6.07) is 5.52. The summed E-state index contributed by atoms with van der Waals surface area (Å²) in [7, 11) is 1.37. The van der Waals surface area contributed by atoms with Crippen LogP contribution in [0.4, 0.5) is 11.4 Å². The van der Waals surface area contributed by atoms with Crippen molar-refractivity contribution in [3.63, 3.8) is 0 Å². The molecule has 1 aromatic rings. The summed E-state index contributed by atoms with van der Waals surface area (Å²) in [4.78, 5) is 11.0. The van der Waals surface area contributed by atoms with E-state index in [2.05, 4.69) is 10.1 Å². The van der Waals surface area contributed by atoms with Gasteiger partial charge < -0.3 is 20.5 Å². The number of ether oxygens (including phenoxy) is 2. The molecule has 5 nitrogen and oxygen atoms in total. The van der Waals surface area contributed by atoms with Crippen molar-refractivity contribution in [1.82, 2.24) is 0 Å².